The van der Waals surface area contributed by atoms with Gasteiger partial charge in [0, 0.05) is 15.5 Å². The van der Waals surface area contributed by atoms with E-state index in [1.807, 2.05) is 0 Å². The van der Waals surface area contributed by atoms with Crippen molar-refractivity contribution in [3.63, 3.8) is 0 Å². The maximum atomic E-state index is 6.08. The van der Waals surface area contributed by atoms with E-state index < -0.39 is 0 Å². The molecule has 1 aromatic rings. The zero-order valence-corrected chi connectivity index (χ0v) is 11.5. The van der Waals surface area contributed by atoms with Crippen molar-refractivity contribution < 1.29 is 0 Å². The summed E-state index contributed by atoms with van der Waals surface area (Å²) in [6.07, 6.45) is 2.26. The van der Waals surface area contributed by atoms with E-state index in [0.717, 1.165) is 32.5 Å². The second-order valence-corrected chi connectivity index (χ2v) is 5.94. The molecule has 0 radical (unpaired) electrons. The van der Waals surface area contributed by atoms with Crippen LogP contribution in [0.3, 0.4) is 0 Å². The summed E-state index contributed by atoms with van der Waals surface area (Å²) in [6.45, 7) is 3.35. The highest BCUT2D eigenvalue weighted by Gasteiger charge is 2.16. The van der Waals surface area contributed by atoms with Crippen LogP contribution in [0.1, 0.15) is 18.4 Å². The highest BCUT2D eigenvalue weighted by molar-refractivity contribution is 14.1. The number of likely N-dealkylation sites (tertiary alicyclic amines) is 1. The molecule has 0 aromatic heterocycles. The molecule has 1 fully saturated rings. The summed E-state index contributed by atoms with van der Waals surface area (Å²) in [5.74, 6) is 0. The van der Waals surface area contributed by atoms with Crippen LogP contribution in [-0.2, 0) is 6.54 Å². The van der Waals surface area contributed by atoms with Gasteiger partial charge in [-0.2, -0.15) is 0 Å². The van der Waals surface area contributed by atoms with E-state index >= 15 is 0 Å². The number of benzene rings is 1. The van der Waals surface area contributed by atoms with Crippen LogP contribution in [0.25, 0.3) is 0 Å². The zero-order valence-electron chi connectivity index (χ0n) is 8.63. The third-order valence-electron chi connectivity index (χ3n) is 2.84. The summed E-state index contributed by atoms with van der Waals surface area (Å²) < 4.78 is 1.30. The van der Waals surface area contributed by atoms with Crippen molar-refractivity contribution in [3.8, 4) is 0 Å². The average Bonchev–Trinajstić information content (AvgIpc) is 2.25. The second-order valence-electron chi connectivity index (χ2n) is 4.08. The molecule has 0 saturated carbocycles. The maximum absolute atomic E-state index is 6.08. The van der Waals surface area contributed by atoms with Crippen molar-refractivity contribution in [2.45, 2.75) is 24.8 Å². The van der Waals surface area contributed by atoms with Gasteiger partial charge in [0.1, 0.15) is 0 Å². The Bertz CT molecular complexity index is 304. The molecule has 1 aliphatic heterocycles. The van der Waals surface area contributed by atoms with Crippen molar-refractivity contribution >= 4 is 34.2 Å². The summed E-state index contributed by atoms with van der Waals surface area (Å²) in [7, 11) is 0. The number of nitrogens with zero attached hydrogens (tertiary/aromatic N) is 1. The lowest BCUT2D eigenvalue weighted by Crippen LogP contribution is -2.33. The van der Waals surface area contributed by atoms with Gasteiger partial charge in [-0.05, 0) is 66.2 Å². The Morgan fingerprint density at radius 2 is 1.80 bits per heavy atom. The number of hydrogen-bond acceptors (Lipinski definition) is 1. The summed E-state index contributed by atoms with van der Waals surface area (Å²) in [5, 5.41) is 0.401. The quantitative estimate of drug-likeness (QED) is 0.591. The van der Waals surface area contributed by atoms with E-state index in [4.69, 9.17) is 11.6 Å². The van der Waals surface area contributed by atoms with Gasteiger partial charge in [0.2, 0.25) is 0 Å². The maximum Gasteiger partial charge on any atom is 0.0360 e. The molecule has 1 heterocycles. The number of rotatable bonds is 2. The van der Waals surface area contributed by atoms with Gasteiger partial charge < -0.3 is 0 Å². The third kappa shape index (κ3) is 3.61. The standard InChI is InChI=1S/C12H15ClIN/c13-11-5-7-15(8-6-11)9-10-1-3-12(14)4-2-10/h1-4,11H,5-9H2. The van der Waals surface area contributed by atoms with Gasteiger partial charge >= 0.3 is 0 Å². The van der Waals surface area contributed by atoms with E-state index in [0.29, 0.717) is 5.38 Å². The van der Waals surface area contributed by atoms with Gasteiger partial charge in [-0.3, -0.25) is 4.90 Å². The molecule has 0 amide bonds. The Kier molecular flexibility index (Phi) is 4.29. The molecular formula is C12H15ClIN. The van der Waals surface area contributed by atoms with Crippen LogP contribution in [0.2, 0.25) is 0 Å². The fraction of sp³-hybridized carbons (Fsp3) is 0.500. The normalized spacial score (nSPS) is 19.3. The van der Waals surface area contributed by atoms with Gasteiger partial charge in [0.15, 0.2) is 0 Å². The van der Waals surface area contributed by atoms with Crippen molar-refractivity contribution in [1.82, 2.24) is 4.90 Å². The lowest BCUT2D eigenvalue weighted by Gasteiger charge is -2.29. The van der Waals surface area contributed by atoms with Gasteiger partial charge in [0.05, 0.1) is 0 Å². The molecule has 1 saturated heterocycles. The van der Waals surface area contributed by atoms with Crippen LogP contribution in [0.15, 0.2) is 24.3 Å². The van der Waals surface area contributed by atoms with E-state index in [1.54, 1.807) is 0 Å². The average molecular weight is 336 g/mol. The molecule has 15 heavy (non-hydrogen) atoms. The van der Waals surface area contributed by atoms with Crippen molar-refractivity contribution in [2.75, 3.05) is 13.1 Å². The van der Waals surface area contributed by atoms with Gasteiger partial charge in [-0.15, -0.1) is 11.6 Å². The molecule has 1 aromatic carbocycles. The van der Waals surface area contributed by atoms with Crippen LogP contribution < -0.4 is 0 Å². The highest BCUT2D eigenvalue weighted by Crippen LogP contribution is 2.18. The number of hydrogen-bond donors (Lipinski definition) is 0. The minimum atomic E-state index is 0.401. The Morgan fingerprint density at radius 3 is 2.40 bits per heavy atom. The monoisotopic (exact) mass is 335 g/mol. The molecule has 0 atom stereocenters. The first-order valence-electron chi connectivity index (χ1n) is 5.35. The van der Waals surface area contributed by atoms with E-state index in [1.165, 1.54) is 9.13 Å². The van der Waals surface area contributed by atoms with E-state index in [2.05, 4.69) is 51.8 Å². The second kappa shape index (κ2) is 5.51. The third-order valence-corrected chi connectivity index (χ3v) is 3.99. The van der Waals surface area contributed by atoms with Crippen molar-refractivity contribution in [1.29, 1.82) is 0 Å². The SMILES string of the molecule is ClC1CCN(Cc2ccc(I)cc2)CC1. The molecule has 1 nitrogen and oxygen atoms in total. The summed E-state index contributed by atoms with van der Waals surface area (Å²) in [4.78, 5) is 2.49. The minimum Gasteiger partial charge on any atom is -0.299 e. The van der Waals surface area contributed by atoms with Gasteiger partial charge in [-0.25, -0.2) is 0 Å². The molecule has 0 N–H and O–H groups in total. The summed E-state index contributed by atoms with van der Waals surface area (Å²) in [5.41, 5.74) is 1.41. The highest BCUT2D eigenvalue weighted by atomic mass is 127. The molecule has 0 bridgehead atoms. The van der Waals surface area contributed by atoms with Crippen LogP contribution in [-0.4, -0.2) is 23.4 Å². The lowest BCUT2D eigenvalue weighted by atomic mass is 10.1. The van der Waals surface area contributed by atoms with Crippen LogP contribution in [0.5, 0.6) is 0 Å². The molecule has 2 rings (SSSR count). The molecule has 0 spiro atoms. The zero-order chi connectivity index (χ0) is 10.7. The molecule has 1 aliphatic rings. The number of alkyl halides is 1. The summed E-state index contributed by atoms with van der Waals surface area (Å²) >= 11 is 8.42. The Labute approximate surface area is 110 Å². The lowest BCUT2D eigenvalue weighted by molar-refractivity contribution is 0.223. The van der Waals surface area contributed by atoms with Gasteiger partial charge in [-0.1, -0.05) is 12.1 Å². The largest absolute Gasteiger partial charge is 0.299 e. The topological polar surface area (TPSA) is 3.24 Å². The Morgan fingerprint density at radius 1 is 1.20 bits per heavy atom. The molecular weight excluding hydrogens is 320 g/mol. The van der Waals surface area contributed by atoms with Crippen molar-refractivity contribution in [3.05, 3.63) is 33.4 Å². The minimum absolute atomic E-state index is 0.401. The molecule has 0 aliphatic carbocycles. The fourth-order valence-corrected chi connectivity index (χ4v) is 2.46. The number of halogens is 2. The molecule has 82 valence electrons. The first-order valence-corrected chi connectivity index (χ1v) is 6.86. The van der Waals surface area contributed by atoms with Crippen LogP contribution >= 0.6 is 34.2 Å². The molecule has 0 unspecified atom stereocenters. The first-order chi connectivity index (χ1) is 7.24. The van der Waals surface area contributed by atoms with E-state index in [9.17, 15) is 0 Å². The van der Waals surface area contributed by atoms with Crippen LogP contribution in [0.4, 0.5) is 0 Å². The predicted molar refractivity (Wildman–Crippen MR) is 73.3 cm³/mol. The summed E-state index contributed by atoms with van der Waals surface area (Å²) in [6, 6.07) is 8.78. The van der Waals surface area contributed by atoms with Crippen LogP contribution in [0, 0.1) is 3.57 Å². The first kappa shape index (κ1) is 11.7. The van der Waals surface area contributed by atoms with Crippen molar-refractivity contribution in [2.24, 2.45) is 0 Å². The Hall–Kier alpha value is 0.200. The number of piperidine rings is 1. The predicted octanol–water partition coefficient (Wildman–Crippen LogP) is 3.49. The van der Waals surface area contributed by atoms with E-state index in [-0.39, 0.29) is 0 Å². The smallest absolute Gasteiger partial charge is 0.0360 e. The van der Waals surface area contributed by atoms with Gasteiger partial charge in [0.25, 0.3) is 0 Å². The molecule has 3 heteroatoms. The Balaban J connectivity index is 1.89. The fourth-order valence-electron chi connectivity index (χ4n) is 1.91.